The van der Waals surface area contributed by atoms with Crippen molar-refractivity contribution in [2.75, 3.05) is 0 Å². The van der Waals surface area contributed by atoms with Crippen LogP contribution < -0.4 is 0 Å². The zero-order valence-corrected chi connectivity index (χ0v) is 18.8. The first-order valence-electron chi connectivity index (χ1n) is 10.0. The first-order chi connectivity index (χ1) is 10.0. The maximum Gasteiger partial charge on any atom is -0.0533 e. The second-order valence-electron chi connectivity index (χ2n) is 1.41. The van der Waals surface area contributed by atoms with Gasteiger partial charge in [0.1, 0.15) is 0 Å². The van der Waals surface area contributed by atoms with Gasteiger partial charge in [-0.25, -0.2) is 0 Å². The van der Waals surface area contributed by atoms with Crippen molar-refractivity contribution in [1.82, 2.24) is 0 Å². The summed E-state index contributed by atoms with van der Waals surface area (Å²) in [4.78, 5) is 0. The Morgan fingerprint density at radius 3 is 0.286 bits per heavy atom. The Hall–Kier alpha value is 0. The van der Waals surface area contributed by atoms with Crippen LogP contribution in [0, 0.1) is 0 Å². The predicted molar refractivity (Wildman–Crippen MR) is 116 cm³/mol. The lowest BCUT2D eigenvalue weighted by atomic mass is 10.0. The average molecular weight is 313 g/mol. The second kappa shape index (κ2) is 451. The highest BCUT2D eigenvalue weighted by Gasteiger charge is 1.95. The van der Waals surface area contributed by atoms with E-state index >= 15 is 0 Å². The smallest absolute Gasteiger partial charge is 0.0533 e. The van der Waals surface area contributed by atoms with Crippen LogP contribution in [0.15, 0.2) is 0 Å². The van der Waals surface area contributed by atoms with Crippen molar-refractivity contribution in [3.05, 3.63) is 0 Å². The summed E-state index contributed by atoms with van der Waals surface area (Å²) >= 11 is 0. The maximum atomic E-state index is 2.00. The topological polar surface area (TPSA) is 0 Å². The van der Waals surface area contributed by atoms with Gasteiger partial charge in [-0.3, -0.25) is 0 Å². The molecule has 1 saturated carbocycles. The molecule has 144 valence electrons. The number of hydrogen-bond donors (Lipinski definition) is 0. The van der Waals surface area contributed by atoms with E-state index < -0.39 is 0 Å². The van der Waals surface area contributed by atoms with Gasteiger partial charge in [0.2, 0.25) is 0 Å². The summed E-state index contributed by atoms with van der Waals surface area (Å²) < 4.78 is 0. The Labute approximate surface area is 144 Å². The zero-order valence-electron chi connectivity index (χ0n) is 18.8. The van der Waals surface area contributed by atoms with Gasteiger partial charge in [0.15, 0.2) is 0 Å². The van der Waals surface area contributed by atoms with Crippen molar-refractivity contribution in [3.63, 3.8) is 0 Å². The zero-order chi connectivity index (χ0) is 18.8. The standard InChI is InChI=1S/C4H8.8C2H6.CH4/c1-2-4-3-1;8*1-2;/h1-4H2;8*1-2H3;1H4. The van der Waals surface area contributed by atoms with Crippen LogP contribution >= 0.6 is 0 Å². The Morgan fingerprint density at radius 2 is 0.286 bits per heavy atom. The molecule has 0 aromatic carbocycles. The van der Waals surface area contributed by atoms with E-state index in [2.05, 4.69) is 0 Å². The molecule has 0 heteroatoms. The van der Waals surface area contributed by atoms with E-state index in [-0.39, 0.29) is 7.43 Å². The lowest BCUT2D eigenvalue weighted by Crippen LogP contribution is -1.85. The van der Waals surface area contributed by atoms with E-state index in [1.165, 1.54) is 25.7 Å². The molecule has 0 saturated heterocycles. The third-order valence-electron chi connectivity index (χ3n) is 1.000. The second-order valence-corrected chi connectivity index (χ2v) is 1.41. The van der Waals surface area contributed by atoms with Crippen LogP contribution in [-0.2, 0) is 0 Å². The molecule has 1 aliphatic carbocycles. The van der Waals surface area contributed by atoms with Crippen LogP contribution in [0.2, 0.25) is 0 Å². The Balaban J connectivity index is -0.0000000113. The van der Waals surface area contributed by atoms with Gasteiger partial charge in [0.05, 0.1) is 0 Å². The van der Waals surface area contributed by atoms with E-state index in [1.807, 2.05) is 111 Å². The molecule has 0 radical (unpaired) electrons. The summed E-state index contributed by atoms with van der Waals surface area (Å²) in [5.74, 6) is 0. The Morgan fingerprint density at radius 1 is 0.238 bits per heavy atom. The van der Waals surface area contributed by atoms with Gasteiger partial charge in [-0.1, -0.05) is 144 Å². The molecular weight excluding hydrogens is 252 g/mol. The summed E-state index contributed by atoms with van der Waals surface area (Å²) in [5, 5.41) is 0. The molecule has 0 aliphatic heterocycles. The normalized spacial score (nSPS) is 6.86. The number of hydrogen-bond acceptors (Lipinski definition) is 0. The van der Waals surface area contributed by atoms with Crippen LogP contribution in [0.4, 0.5) is 0 Å². The van der Waals surface area contributed by atoms with Gasteiger partial charge >= 0.3 is 0 Å². The van der Waals surface area contributed by atoms with Crippen molar-refractivity contribution in [2.24, 2.45) is 0 Å². The van der Waals surface area contributed by atoms with Gasteiger partial charge in [-0.05, 0) is 0 Å². The minimum Gasteiger partial charge on any atom is -0.0776 e. The molecule has 0 aromatic heterocycles. The largest absolute Gasteiger partial charge is 0.0776 e. The van der Waals surface area contributed by atoms with Crippen LogP contribution in [0.1, 0.15) is 144 Å². The molecule has 0 aromatic rings. The van der Waals surface area contributed by atoms with Crippen LogP contribution in [0.3, 0.4) is 0 Å². The van der Waals surface area contributed by atoms with Gasteiger partial charge in [-0.2, -0.15) is 0 Å². The molecule has 21 heavy (non-hydrogen) atoms. The molecule has 0 heterocycles. The summed E-state index contributed by atoms with van der Waals surface area (Å²) in [6.45, 7) is 32.0. The minimum atomic E-state index is 0. The summed E-state index contributed by atoms with van der Waals surface area (Å²) in [7, 11) is 0. The molecule has 0 spiro atoms. The van der Waals surface area contributed by atoms with Gasteiger partial charge in [0, 0.05) is 0 Å². The maximum absolute atomic E-state index is 2.00. The Bertz CT molecular complexity index is 8.00. The third kappa shape index (κ3) is 405. The first kappa shape index (κ1) is 58.3. The highest BCUT2D eigenvalue weighted by molar-refractivity contribution is 4.50. The third-order valence-corrected chi connectivity index (χ3v) is 1.000. The van der Waals surface area contributed by atoms with Crippen molar-refractivity contribution in [1.29, 1.82) is 0 Å². The van der Waals surface area contributed by atoms with Crippen LogP contribution in [0.5, 0.6) is 0 Å². The quantitative estimate of drug-likeness (QED) is 0.417. The fourth-order valence-electron chi connectivity index (χ4n) is 0.250. The molecule has 0 unspecified atom stereocenters. The summed E-state index contributed by atoms with van der Waals surface area (Å²) in [5.41, 5.74) is 0. The highest BCUT2D eigenvalue weighted by Crippen LogP contribution is 2.15. The van der Waals surface area contributed by atoms with Crippen LogP contribution in [-0.4, -0.2) is 0 Å². The van der Waals surface area contributed by atoms with Gasteiger partial charge < -0.3 is 0 Å². The first-order valence-corrected chi connectivity index (χ1v) is 10.0. The molecule has 1 aliphatic rings. The average Bonchev–Trinajstić information content (AvgIpc) is 2.60. The predicted octanol–water partition coefficient (Wildman–Crippen LogP) is 10.4. The van der Waals surface area contributed by atoms with Crippen LogP contribution in [0.25, 0.3) is 0 Å². The van der Waals surface area contributed by atoms with Crippen molar-refractivity contribution in [3.8, 4) is 0 Å². The van der Waals surface area contributed by atoms with Crippen molar-refractivity contribution >= 4 is 0 Å². The van der Waals surface area contributed by atoms with E-state index in [1.54, 1.807) is 0 Å². The summed E-state index contributed by atoms with van der Waals surface area (Å²) in [6.07, 6.45) is 6.00. The van der Waals surface area contributed by atoms with Crippen molar-refractivity contribution < 1.29 is 0 Å². The molecule has 1 fully saturated rings. The molecule has 0 nitrogen and oxygen atoms in total. The van der Waals surface area contributed by atoms with E-state index in [4.69, 9.17) is 0 Å². The Kier molecular flexibility index (Phi) is 1250. The van der Waals surface area contributed by atoms with E-state index in [0.29, 0.717) is 0 Å². The minimum absolute atomic E-state index is 0. The lowest BCUT2D eigenvalue weighted by Gasteiger charge is -2.05. The summed E-state index contributed by atoms with van der Waals surface area (Å²) in [6, 6.07) is 0. The van der Waals surface area contributed by atoms with E-state index in [0.717, 1.165) is 0 Å². The molecule has 0 N–H and O–H groups in total. The molecular formula is C21H60. The van der Waals surface area contributed by atoms with E-state index in [9.17, 15) is 0 Å². The monoisotopic (exact) mass is 312 g/mol. The molecule has 0 amide bonds. The SMILES string of the molecule is C.C1CCC1.CC.CC.CC.CC.CC.CC.CC.CC. The fraction of sp³-hybridized carbons (Fsp3) is 1.00. The molecule has 0 atom stereocenters. The van der Waals surface area contributed by atoms with Crippen molar-refractivity contribution in [2.45, 2.75) is 144 Å². The van der Waals surface area contributed by atoms with Gasteiger partial charge in [0.25, 0.3) is 0 Å². The fourth-order valence-corrected chi connectivity index (χ4v) is 0.250. The lowest BCUT2D eigenvalue weighted by molar-refractivity contribution is 0.504. The number of rotatable bonds is 0. The molecule has 1 rings (SSSR count). The van der Waals surface area contributed by atoms with Gasteiger partial charge in [-0.15, -0.1) is 0 Å². The molecule has 0 bridgehead atoms. The highest BCUT2D eigenvalue weighted by atomic mass is 14.0.